The Hall–Kier alpha value is -2.35. The van der Waals surface area contributed by atoms with Crippen LogP contribution in [0.3, 0.4) is 0 Å². The Morgan fingerprint density at radius 2 is 1.95 bits per heavy atom. The van der Waals surface area contributed by atoms with E-state index in [1.165, 1.54) is 18.2 Å². The number of aryl methyl sites for hydroxylation is 1. The lowest BCUT2D eigenvalue weighted by Gasteiger charge is -2.10. The number of esters is 1. The second kappa shape index (κ2) is 6.20. The lowest BCUT2D eigenvalue weighted by atomic mass is 9.95. The predicted molar refractivity (Wildman–Crippen MR) is 81.9 cm³/mol. The molecular weight excluding hydrogens is 248 g/mol. The molecule has 0 radical (unpaired) electrons. The first-order valence-corrected chi connectivity index (χ1v) is 6.54. The molecule has 0 aliphatic carbocycles. The lowest BCUT2D eigenvalue weighted by Crippen LogP contribution is -2.03. The van der Waals surface area contributed by atoms with Crippen LogP contribution in [0.15, 0.2) is 49.0 Å². The molecule has 0 unspecified atom stereocenters. The van der Waals surface area contributed by atoms with Crippen molar-refractivity contribution in [2.45, 2.75) is 13.3 Å². The summed E-state index contributed by atoms with van der Waals surface area (Å²) in [6.07, 6.45) is 2.61. The molecule has 2 aromatic carbocycles. The van der Waals surface area contributed by atoms with Gasteiger partial charge < -0.3 is 4.74 Å². The van der Waals surface area contributed by atoms with E-state index in [1.807, 2.05) is 24.3 Å². The van der Waals surface area contributed by atoms with E-state index < -0.39 is 0 Å². The summed E-state index contributed by atoms with van der Waals surface area (Å²) in [4.78, 5) is 11.5. The quantitative estimate of drug-likeness (QED) is 0.781. The van der Waals surface area contributed by atoms with Gasteiger partial charge in [-0.25, -0.2) is 4.79 Å². The SMILES string of the molecule is C=Cc1cc(C(=O)OC)ccc1Cc1ccccc1C. The minimum atomic E-state index is -0.324. The van der Waals surface area contributed by atoms with Crippen molar-refractivity contribution in [2.24, 2.45) is 0 Å². The molecular formula is C18H18O2. The van der Waals surface area contributed by atoms with Gasteiger partial charge in [-0.3, -0.25) is 0 Å². The van der Waals surface area contributed by atoms with Crippen LogP contribution in [0.2, 0.25) is 0 Å². The van der Waals surface area contributed by atoms with Crippen LogP contribution >= 0.6 is 0 Å². The molecule has 102 valence electrons. The van der Waals surface area contributed by atoms with Gasteiger partial charge in [0.15, 0.2) is 0 Å². The monoisotopic (exact) mass is 266 g/mol. The number of benzene rings is 2. The van der Waals surface area contributed by atoms with Crippen LogP contribution in [0.1, 0.15) is 32.6 Å². The van der Waals surface area contributed by atoms with Crippen LogP contribution in [0.4, 0.5) is 0 Å². The number of carbonyl (C=O) groups is 1. The molecule has 0 atom stereocenters. The van der Waals surface area contributed by atoms with Crippen molar-refractivity contribution in [3.63, 3.8) is 0 Å². The maximum atomic E-state index is 11.5. The third-order valence-electron chi connectivity index (χ3n) is 3.43. The Morgan fingerprint density at radius 1 is 1.20 bits per heavy atom. The summed E-state index contributed by atoms with van der Waals surface area (Å²) in [6, 6.07) is 13.9. The van der Waals surface area contributed by atoms with Crippen molar-refractivity contribution >= 4 is 12.0 Å². The van der Waals surface area contributed by atoms with Gasteiger partial charge in [0.1, 0.15) is 0 Å². The lowest BCUT2D eigenvalue weighted by molar-refractivity contribution is 0.0600. The molecule has 2 nitrogen and oxygen atoms in total. The van der Waals surface area contributed by atoms with Crippen LogP contribution in [0, 0.1) is 6.92 Å². The van der Waals surface area contributed by atoms with E-state index in [-0.39, 0.29) is 5.97 Å². The number of methoxy groups -OCH3 is 1. The largest absolute Gasteiger partial charge is 0.465 e. The minimum absolute atomic E-state index is 0.324. The Balaban J connectivity index is 2.35. The molecule has 0 heterocycles. The summed E-state index contributed by atoms with van der Waals surface area (Å²) in [5, 5.41) is 0. The van der Waals surface area contributed by atoms with Crippen molar-refractivity contribution in [2.75, 3.05) is 7.11 Å². The molecule has 0 bridgehead atoms. The molecule has 2 heteroatoms. The third-order valence-corrected chi connectivity index (χ3v) is 3.43. The highest BCUT2D eigenvalue weighted by molar-refractivity contribution is 5.90. The van der Waals surface area contributed by atoms with Crippen LogP contribution in [-0.2, 0) is 11.2 Å². The summed E-state index contributed by atoms with van der Waals surface area (Å²) in [6.45, 7) is 5.93. The van der Waals surface area contributed by atoms with Gasteiger partial charge in [-0.15, -0.1) is 0 Å². The molecule has 20 heavy (non-hydrogen) atoms. The summed E-state index contributed by atoms with van der Waals surface area (Å²) in [7, 11) is 1.39. The van der Waals surface area contributed by atoms with Gasteiger partial charge in [0, 0.05) is 0 Å². The van der Waals surface area contributed by atoms with Gasteiger partial charge in [0.2, 0.25) is 0 Å². The van der Waals surface area contributed by atoms with Gasteiger partial charge >= 0.3 is 5.97 Å². The predicted octanol–water partition coefficient (Wildman–Crippen LogP) is 4.02. The molecule has 0 aliphatic rings. The van der Waals surface area contributed by atoms with Gasteiger partial charge in [-0.05, 0) is 47.7 Å². The zero-order valence-corrected chi connectivity index (χ0v) is 11.8. The molecule has 0 fully saturated rings. The first-order chi connectivity index (χ1) is 9.65. The Labute approximate surface area is 119 Å². The highest BCUT2D eigenvalue weighted by Crippen LogP contribution is 2.20. The van der Waals surface area contributed by atoms with E-state index in [2.05, 4.69) is 25.6 Å². The molecule has 2 rings (SSSR count). The number of hydrogen-bond donors (Lipinski definition) is 0. The second-order valence-electron chi connectivity index (χ2n) is 4.71. The van der Waals surface area contributed by atoms with E-state index in [9.17, 15) is 4.79 Å². The van der Waals surface area contributed by atoms with E-state index in [1.54, 1.807) is 12.1 Å². The van der Waals surface area contributed by atoms with Crippen LogP contribution in [-0.4, -0.2) is 13.1 Å². The summed E-state index contributed by atoms with van der Waals surface area (Å²) in [5.74, 6) is -0.324. The van der Waals surface area contributed by atoms with E-state index in [4.69, 9.17) is 4.74 Å². The van der Waals surface area contributed by atoms with Crippen molar-refractivity contribution in [1.82, 2.24) is 0 Å². The van der Waals surface area contributed by atoms with Crippen molar-refractivity contribution in [3.8, 4) is 0 Å². The highest BCUT2D eigenvalue weighted by atomic mass is 16.5. The van der Waals surface area contributed by atoms with E-state index in [0.29, 0.717) is 5.56 Å². The van der Waals surface area contributed by atoms with Crippen molar-refractivity contribution in [1.29, 1.82) is 0 Å². The second-order valence-corrected chi connectivity index (χ2v) is 4.71. The smallest absolute Gasteiger partial charge is 0.337 e. The van der Waals surface area contributed by atoms with E-state index >= 15 is 0 Å². The summed E-state index contributed by atoms with van der Waals surface area (Å²) in [5.41, 5.74) is 5.22. The zero-order chi connectivity index (χ0) is 14.5. The molecule has 0 aromatic heterocycles. The van der Waals surface area contributed by atoms with Crippen LogP contribution in [0.5, 0.6) is 0 Å². The number of carbonyl (C=O) groups excluding carboxylic acids is 1. The van der Waals surface area contributed by atoms with Gasteiger partial charge in [-0.1, -0.05) is 43.0 Å². The molecule has 0 spiro atoms. The number of rotatable bonds is 4. The fourth-order valence-corrected chi connectivity index (χ4v) is 2.20. The molecule has 0 saturated carbocycles. The Bertz CT molecular complexity index is 642. The topological polar surface area (TPSA) is 26.3 Å². The molecule has 0 amide bonds. The molecule has 0 aliphatic heterocycles. The number of ether oxygens (including phenoxy) is 1. The Morgan fingerprint density at radius 3 is 2.60 bits per heavy atom. The van der Waals surface area contributed by atoms with E-state index in [0.717, 1.165) is 17.5 Å². The fraction of sp³-hybridized carbons (Fsp3) is 0.167. The Kier molecular flexibility index (Phi) is 4.36. The van der Waals surface area contributed by atoms with Crippen LogP contribution in [0.25, 0.3) is 6.08 Å². The van der Waals surface area contributed by atoms with Gasteiger partial charge in [0.25, 0.3) is 0 Å². The first-order valence-electron chi connectivity index (χ1n) is 6.54. The highest BCUT2D eigenvalue weighted by Gasteiger charge is 2.09. The summed E-state index contributed by atoms with van der Waals surface area (Å²) < 4.78 is 4.74. The minimum Gasteiger partial charge on any atom is -0.465 e. The van der Waals surface area contributed by atoms with Crippen LogP contribution < -0.4 is 0 Å². The normalized spacial score (nSPS) is 10.1. The first kappa shape index (κ1) is 14.1. The fourth-order valence-electron chi connectivity index (χ4n) is 2.20. The molecule has 0 saturated heterocycles. The third kappa shape index (κ3) is 2.97. The summed E-state index contributed by atoms with van der Waals surface area (Å²) >= 11 is 0. The maximum Gasteiger partial charge on any atom is 0.337 e. The van der Waals surface area contributed by atoms with Crippen molar-refractivity contribution in [3.05, 3.63) is 76.9 Å². The standard InChI is InChI=1S/C18H18O2/c1-4-14-11-17(18(19)20-3)10-9-16(14)12-15-8-6-5-7-13(15)2/h4-11H,1,12H2,2-3H3. The molecule has 2 aromatic rings. The average Bonchev–Trinajstić information content (AvgIpc) is 2.49. The zero-order valence-electron chi connectivity index (χ0n) is 11.8. The molecule has 0 N–H and O–H groups in total. The number of hydrogen-bond acceptors (Lipinski definition) is 2. The van der Waals surface area contributed by atoms with Gasteiger partial charge in [0.05, 0.1) is 12.7 Å². The average molecular weight is 266 g/mol. The van der Waals surface area contributed by atoms with Crippen molar-refractivity contribution < 1.29 is 9.53 Å². The maximum absolute atomic E-state index is 11.5. The van der Waals surface area contributed by atoms with Gasteiger partial charge in [-0.2, -0.15) is 0 Å².